The number of rotatable bonds is 5. The number of nitrogens with two attached hydrogens (primary N) is 1. The topological polar surface area (TPSA) is 65.3 Å². The zero-order chi connectivity index (χ0) is 17.9. The number of para-hydroxylation sites is 2. The van der Waals surface area contributed by atoms with Gasteiger partial charge in [0.25, 0.3) is 0 Å². The highest BCUT2D eigenvalue weighted by molar-refractivity contribution is 5.80. The maximum absolute atomic E-state index is 11.9. The van der Waals surface area contributed by atoms with E-state index in [1.165, 1.54) is 0 Å². The predicted octanol–water partition coefficient (Wildman–Crippen LogP) is 2.26. The van der Waals surface area contributed by atoms with Crippen molar-refractivity contribution in [2.45, 2.75) is 26.0 Å². The first-order chi connectivity index (χ1) is 12.7. The van der Waals surface area contributed by atoms with Crippen molar-refractivity contribution >= 4 is 11.0 Å². The number of ether oxygens (including phenoxy) is 2. The van der Waals surface area contributed by atoms with Crippen molar-refractivity contribution in [3.63, 3.8) is 0 Å². The summed E-state index contributed by atoms with van der Waals surface area (Å²) in [6, 6.07) is 15.4. The van der Waals surface area contributed by atoms with Crippen LogP contribution < -0.4 is 20.4 Å². The maximum atomic E-state index is 11.9. The molecule has 2 aromatic carbocycles. The molecule has 0 spiro atoms. The number of hydrogen-bond donors (Lipinski definition) is 1. The summed E-state index contributed by atoms with van der Waals surface area (Å²) in [5, 5.41) is 3.13. The summed E-state index contributed by atoms with van der Waals surface area (Å²) >= 11 is 0. The number of hydrogen-bond acceptors (Lipinski definition) is 4. The van der Waals surface area contributed by atoms with E-state index in [2.05, 4.69) is 18.3 Å². The van der Waals surface area contributed by atoms with Crippen molar-refractivity contribution in [1.82, 2.24) is 0 Å². The van der Waals surface area contributed by atoms with Crippen LogP contribution in [0.3, 0.4) is 0 Å². The number of quaternary nitrogens is 1. The van der Waals surface area contributed by atoms with Crippen molar-refractivity contribution in [3.8, 4) is 11.5 Å². The molecular formula is C21H22NO4+. The molecule has 0 amide bonds. The molecule has 134 valence electrons. The molecule has 0 unspecified atom stereocenters. The molecule has 1 aliphatic rings. The lowest BCUT2D eigenvalue weighted by Gasteiger charge is -2.25. The van der Waals surface area contributed by atoms with Gasteiger partial charge in [-0.25, -0.2) is 4.79 Å². The first-order valence-electron chi connectivity index (χ1n) is 8.98. The first-order valence-corrected chi connectivity index (χ1v) is 8.98. The van der Waals surface area contributed by atoms with E-state index in [0.29, 0.717) is 18.7 Å². The van der Waals surface area contributed by atoms with Gasteiger partial charge in [0.05, 0.1) is 0 Å². The fourth-order valence-electron chi connectivity index (χ4n) is 3.27. The van der Waals surface area contributed by atoms with Gasteiger partial charge in [-0.1, -0.05) is 31.2 Å². The van der Waals surface area contributed by atoms with Gasteiger partial charge in [-0.05, 0) is 30.2 Å². The molecule has 2 N–H and O–H groups in total. The molecule has 2 heterocycles. The van der Waals surface area contributed by atoms with Crippen LogP contribution in [0, 0.1) is 0 Å². The summed E-state index contributed by atoms with van der Waals surface area (Å²) in [5.41, 5.74) is 2.50. The van der Waals surface area contributed by atoms with Crippen molar-refractivity contribution in [2.75, 3.05) is 13.2 Å². The summed E-state index contributed by atoms with van der Waals surface area (Å²) in [6.45, 7) is 4.06. The summed E-state index contributed by atoms with van der Waals surface area (Å²) < 4.78 is 17.1. The third-order valence-corrected chi connectivity index (χ3v) is 4.66. The van der Waals surface area contributed by atoms with Crippen LogP contribution in [0.2, 0.25) is 0 Å². The van der Waals surface area contributed by atoms with E-state index in [9.17, 15) is 4.79 Å². The van der Waals surface area contributed by atoms with Gasteiger partial charge < -0.3 is 19.2 Å². The minimum atomic E-state index is -0.305. The Bertz CT molecular complexity index is 979. The molecule has 1 aromatic heterocycles. The van der Waals surface area contributed by atoms with Crippen molar-refractivity contribution in [3.05, 3.63) is 70.1 Å². The lowest BCUT2D eigenvalue weighted by atomic mass is 10.1. The Morgan fingerprint density at radius 2 is 1.96 bits per heavy atom. The lowest BCUT2D eigenvalue weighted by molar-refractivity contribution is -0.675. The summed E-state index contributed by atoms with van der Waals surface area (Å²) in [4.78, 5) is 11.9. The Hall–Kier alpha value is -2.79. The van der Waals surface area contributed by atoms with Crippen LogP contribution in [-0.4, -0.2) is 19.3 Å². The average Bonchev–Trinajstić information content (AvgIpc) is 2.67. The molecule has 0 aliphatic carbocycles. The van der Waals surface area contributed by atoms with Crippen molar-refractivity contribution in [1.29, 1.82) is 0 Å². The summed E-state index contributed by atoms with van der Waals surface area (Å²) in [7, 11) is 0. The molecule has 0 fully saturated rings. The SMILES string of the molecule is CCc1ccc2c(C[NH2+]C[C@@H]3COc4ccccc4O3)cc(=O)oc2c1. The quantitative estimate of drug-likeness (QED) is 0.716. The molecule has 0 radical (unpaired) electrons. The Labute approximate surface area is 151 Å². The third-order valence-electron chi connectivity index (χ3n) is 4.66. The Morgan fingerprint density at radius 1 is 1.12 bits per heavy atom. The number of benzene rings is 2. The van der Waals surface area contributed by atoms with Gasteiger partial charge in [0, 0.05) is 17.0 Å². The largest absolute Gasteiger partial charge is 0.486 e. The number of fused-ring (bicyclic) bond motifs is 2. The Morgan fingerprint density at radius 3 is 2.81 bits per heavy atom. The minimum Gasteiger partial charge on any atom is -0.486 e. The van der Waals surface area contributed by atoms with E-state index >= 15 is 0 Å². The Balaban J connectivity index is 1.44. The zero-order valence-electron chi connectivity index (χ0n) is 14.7. The van der Waals surface area contributed by atoms with Crippen molar-refractivity contribution in [2.24, 2.45) is 0 Å². The van der Waals surface area contributed by atoms with Gasteiger partial charge in [-0.2, -0.15) is 0 Å². The Kier molecular flexibility index (Phi) is 4.63. The van der Waals surface area contributed by atoms with Crippen molar-refractivity contribution < 1.29 is 19.2 Å². The third kappa shape index (κ3) is 3.44. The predicted molar refractivity (Wildman–Crippen MR) is 98.7 cm³/mol. The summed E-state index contributed by atoms with van der Waals surface area (Å²) in [6.07, 6.45) is 0.902. The van der Waals surface area contributed by atoms with Crippen LogP contribution in [0.15, 0.2) is 57.7 Å². The second-order valence-corrected chi connectivity index (χ2v) is 6.50. The maximum Gasteiger partial charge on any atom is 0.336 e. The fourth-order valence-corrected chi connectivity index (χ4v) is 3.27. The minimum absolute atomic E-state index is 0.0111. The van der Waals surface area contributed by atoms with Gasteiger partial charge in [-0.3, -0.25) is 0 Å². The van der Waals surface area contributed by atoms with Crippen LogP contribution in [0.4, 0.5) is 0 Å². The monoisotopic (exact) mass is 352 g/mol. The van der Waals surface area contributed by atoms with E-state index in [-0.39, 0.29) is 11.7 Å². The van der Waals surface area contributed by atoms with Gasteiger partial charge in [0.2, 0.25) is 0 Å². The highest BCUT2D eigenvalue weighted by atomic mass is 16.6. The molecule has 5 nitrogen and oxygen atoms in total. The van der Waals surface area contributed by atoms with Crippen LogP contribution in [0.25, 0.3) is 11.0 Å². The average molecular weight is 352 g/mol. The molecule has 1 aliphatic heterocycles. The lowest BCUT2D eigenvalue weighted by Crippen LogP contribution is -2.85. The summed E-state index contributed by atoms with van der Waals surface area (Å²) in [5.74, 6) is 1.58. The molecule has 0 saturated carbocycles. The molecule has 0 saturated heterocycles. The van der Waals surface area contributed by atoms with E-state index in [0.717, 1.165) is 41.0 Å². The van der Waals surface area contributed by atoms with E-state index in [1.807, 2.05) is 36.4 Å². The van der Waals surface area contributed by atoms with Crippen LogP contribution in [-0.2, 0) is 13.0 Å². The fraction of sp³-hybridized carbons (Fsp3) is 0.286. The molecule has 26 heavy (non-hydrogen) atoms. The van der Waals surface area contributed by atoms with Gasteiger partial charge in [0.15, 0.2) is 17.6 Å². The van der Waals surface area contributed by atoms with Gasteiger partial charge in [0.1, 0.15) is 25.3 Å². The zero-order valence-corrected chi connectivity index (χ0v) is 14.7. The van der Waals surface area contributed by atoms with Crippen LogP contribution in [0.5, 0.6) is 11.5 Å². The molecular weight excluding hydrogens is 330 g/mol. The normalized spacial score (nSPS) is 16.0. The molecule has 0 bridgehead atoms. The molecule has 1 atom stereocenters. The van der Waals surface area contributed by atoms with E-state index in [4.69, 9.17) is 13.9 Å². The standard InChI is InChI=1S/C21H21NO4/c1-2-14-7-8-17-15(10-21(23)26-20(17)9-14)11-22-12-16-13-24-18-5-3-4-6-19(18)25-16/h3-10,16,22H,2,11-13H2,1H3/p+1/t16-/m1/s1. The van der Waals surface area contributed by atoms with Gasteiger partial charge >= 0.3 is 5.63 Å². The highest BCUT2D eigenvalue weighted by Crippen LogP contribution is 2.30. The van der Waals surface area contributed by atoms with Crippen LogP contribution in [0.1, 0.15) is 18.1 Å². The molecule has 4 rings (SSSR count). The second kappa shape index (κ2) is 7.22. The highest BCUT2D eigenvalue weighted by Gasteiger charge is 2.22. The molecule has 3 aromatic rings. The smallest absolute Gasteiger partial charge is 0.336 e. The first kappa shape index (κ1) is 16.7. The van der Waals surface area contributed by atoms with Crippen LogP contribution >= 0.6 is 0 Å². The second-order valence-electron chi connectivity index (χ2n) is 6.50. The van der Waals surface area contributed by atoms with E-state index in [1.54, 1.807) is 6.07 Å². The van der Waals surface area contributed by atoms with E-state index < -0.39 is 0 Å². The molecule has 5 heteroatoms. The van der Waals surface area contributed by atoms with Gasteiger partial charge in [-0.15, -0.1) is 0 Å². The number of aryl methyl sites for hydroxylation is 1.